The van der Waals surface area contributed by atoms with Crippen LogP contribution in [0.5, 0.6) is 5.75 Å². The summed E-state index contributed by atoms with van der Waals surface area (Å²) in [5.41, 5.74) is 1.17. The van der Waals surface area contributed by atoms with Crippen LogP contribution in [0.1, 0.15) is 42.5 Å². The predicted molar refractivity (Wildman–Crippen MR) is 104 cm³/mol. The minimum Gasteiger partial charge on any atom is -0.496 e. The molecule has 0 spiro atoms. The lowest BCUT2D eigenvalue weighted by molar-refractivity contribution is -0.122. The SMILES string of the molecule is COc1ccccc1C(=O)OCC(=O)N(c1ccccc1)C1CCCCC1. The van der Waals surface area contributed by atoms with Crippen molar-refractivity contribution in [3.8, 4) is 5.75 Å². The first-order chi connectivity index (χ1) is 13.2. The Morgan fingerprint density at radius 2 is 1.63 bits per heavy atom. The highest BCUT2D eigenvalue weighted by Gasteiger charge is 2.27. The van der Waals surface area contributed by atoms with Gasteiger partial charge >= 0.3 is 5.97 Å². The molecule has 2 aromatic carbocycles. The number of rotatable bonds is 6. The molecule has 0 saturated heterocycles. The van der Waals surface area contributed by atoms with Gasteiger partial charge in [0.05, 0.1) is 7.11 Å². The summed E-state index contributed by atoms with van der Waals surface area (Å²) in [6, 6.07) is 16.6. The van der Waals surface area contributed by atoms with Gasteiger partial charge in [0, 0.05) is 11.7 Å². The maximum atomic E-state index is 13.0. The topological polar surface area (TPSA) is 55.8 Å². The van der Waals surface area contributed by atoms with E-state index in [1.165, 1.54) is 13.5 Å². The lowest BCUT2D eigenvalue weighted by atomic mass is 9.93. The Bertz CT molecular complexity index is 769. The van der Waals surface area contributed by atoms with Crippen molar-refractivity contribution in [2.45, 2.75) is 38.1 Å². The molecule has 27 heavy (non-hydrogen) atoms. The highest BCUT2D eigenvalue weighted by Crippen LogP contribution is 2.27. The molecule has 0 atom stereocenters. The number of nitrogens with zero attached hydrogens (tertiary/aromatic N) is 1. The van der Waals surface area contributed by atoms with Crippen molar-refractivity contribution in [2.75, 3.05) is 18.6 Å². The summed E-state index contributed by atoms with van der Waals surface area (Å²) in [5.74, 6) is -0.323. The third-order valence-electron chi connectivity index (χ3n) is 4.90. The van der Waals surface area contributed by atoms with E-state index in [1.807, 2.05) is 30.3 Å². The molecule has 1 saturated carbocycles. The molecule has 1 amide bonds. The van der Waals surface area contributed by atoms with Gasteiger partial charge in [-0.05, 0) is 37.1 Å². The lowest BCUT2D eigenvalue weighted by Gasteiger charge is -2.34. The molecule has 0 radical (unpaired) electrons. The van der Waals surface area contributed by atoms with Crippen LogP contribution in [-0.2, 0) is 9.53 Å². The summed E-state index contributed by atoms with van der Waals surface area (Å²) in [6.45, 7) is -0.289. The molecule has 0 heterocycles. The number of anilines is 1. The van der Waals surface area contributed by atoms with Gasteiger partial charge in [-0.1, -0.05) is 49.6 Å². The van der Waals surface area contributed by atoms with Crippen molar-refractivity contribution in [1.29, 1.82) is 0 Å². The summed E-state index contributed by atoms with van der Waals surface area (Å²) < 4.78 is 10.5. The maximum absolute atomic E-state index is 13.0. The molecule has 1 fully saturated rings. The Morgan fingerprint density at radius 3 is 2.33 bits per heavy atom. The first kappa shape index (κ1) is 19.0. The number of esters is 1. The molecule has 2 aromatic rings. The van der Waals surface area contributed by atoms with Crippen LogP contribution in [0, 0.1) is 0 Å². The third kappa shape index (κ3) is 4.67. The molecule has 142 valence electrons. The van der Waals surface area contributed by atoms with Gasteiger partial charge in [0.15, 0.2) is 6.61 Å². The van der Waals surface area contributed by atoms with Crippen LogP contribution in [0.25, 0.3) is 0 Å². The van der Waals surface area contributed by atoms with Gasteiger partial charge in [0.1, 0.15) is 11.3 Å². The molecule has 3 rings (SSSR count). The Kier molecular flexibility index (Phi) is 6.47. The zero-order valence-corrected chi connectivity index (χ0v) is 15.6. The zero-order valence-electron chi connectivity index (χ0n) is 15.6. The predicted octanol–water partition coefficient (Wildman–Crippen LogP) is 4.22. The van der Waals surface area contributed by atoms with Crippen molar-refractivity contribution in [1.82, 2.24) is 0 Å². The van der Waals surface area contributed by atoms with Gasteiger partial charge in [-0.15, -0.1) is 0 Å². The van der Waals surface area contributed by atoms with Crippen LogP contribution in [-0.4, -0.2) is 31.6 Å². The van der Waals surface area contributed by atoms with Gasteiger partial charge in [-0.25, -0.2) is 4.79 Å². The van der Waals surface area contributed by atoms with Crippen molar-refractivity contribution in [2.24, 2.45) is 0 Å². The normalized spacial score (nSPS) is 14.4. The highest BCUT2D eigenvalue weighted by atomic mass is 16.5. The van der Waals surface area contributed by atoms with Gasteiger partial charge < -0.3 is 14.4 Å². The monoisotopic (exact) mass is 367 g/mol. The average molecular weight is 367 g/mol. The first-order valence-corrected chi connectivity index (χ1v) is 9.38. The molecule has 0 aromatic heterocycles. The fraction of sp³-hybridized carbons (Fsp3) is 0.364. The summed E-state index contributed by atoms with van der Waals surface area (Å²) in [4.78, 5) is 27.1. The minimum atomic E-state index is -0.558. The smallest absolute Gasteiger partial charge is 0.342 e. The van der Waals surface area contributed by atoms with Crippen LogP contribution in [0.15, 0.2) is 54.6 Å². The summed E-state index contributed by atoms with van der Waals surface area (Å²) in [7, 11) is 1.50. The quantitative estimate of drug-likeness (QED) is 0.718. The number of ether oxygens (including phenoxy) is 2. The molecule has 0 unspecified atom stereocenters. The third-order valence-corrected chi connectivity index (χ3v) is 4.90. The number of amides is 1. The Labute approximate surface area is 159 Å². The van der Waals surface area contributed by atoms with Crippen molar-refractivity contribution in [3.63, 3.8) is 0 Å². The minimum absolute atomic E-state index is 0.151. The number of carbonyl (C=O) groups excluding carboxylic acids is 2. The standard InChI is InChI=1S/C22H25NO4/c1-26-20-15-9-8-14-19(20)22(25)27-16-21(24)23(17-10-4-2-5-11-17)18-12-6-3-7-13-18/h2,4-5,8-11,14-15,18H,3,6-7,12-13,16H2,1H3. The van der Waals surface area contributed by atoms with E-state index < -0.39 is 5.97 Å². The number of hydrogen-bond donors (Lipinski definition) is 0. The van der Waals surface area contributed by atoms with E-state index in [0.717, 1.165) is 31.4 Å². The van der Waals surface area contributed by atoms with E-state index >= 15 is 0 Å². The molecule has 0 bridgehead atoms. The second kappa shape index (κ2) is 9.21. The van der Waals surface area contributed by atoms with E-state index in [0.29, 0.717) is 11.3 Å². The number of carbonyl (C=O) groups is 2. The van der Waals surface area contributed by atoms with Gasteiger partial charge in [0.25, 0.3) is 5.91 Å². The number of para-hydroxylation sites is 2. The van der Waals surface area contributed by atoms with E-state index in [1.54, 1.807) is 29.2 Å². The molecule has 0 aliphatic heterocycles. The number of benzene rings is 2. The summed E-state index contributed by atoms with van der Waals surface area (Å²) in [6.07, 6.45) is 5.38. The molecule has 5 nitrogen and oxygen atoms in total. The van der Waals surface area contributed by atoms with Gasteiger partial charge in [-0.2, -0.15) is 0 Å². The largest absolute Gasteiger partial charge is 0.496 e. The van der Waals surface area contributed by atoms with Crippen LogP contribution < -0.4 is 9.64 Å². The second-order valence-electron chi connectivity index (χ2n) is 6.67. The number of hydrogen-bond acceptors (Lipinski definition) is 4. The Hall–Kier alpha value is -2.82. The maximum Gasteiger partial charge on any atom is 0.342 e. The number of methoxy groups -OCH3 is 1. The second-order valence-corrected chi connectivity index (χ2v) is 6.67. The molecule has 0 N–H and O–H groups in total. The van der Waals surface area contributed by atoms with E-state index in [4.69, 9.17) is 9.47 Å². The van der Waals surface area contributed by atoms with Crippen LogP contribution in [0.4, 0.5) is 5.69 Å². The fourth-order valence-electron chi connectivity index (χ4n) is 3.57. The lowest BCUT2D eigenvalue weighted by Crippen LogP contribution is -2.43. The van der Waals surface area contributed by atoms with Gasteiger partial charge in [-0.3, -0.25) is 4.79 Å². The Morgan fingerprint density at radius 1 is 0.963 bits per heavy atom. The molecular weight excluding hydrogens is 342 g/mol. The fourth-order valence-corrected chi connectivity index (χ4v) is 3.57. The van der Waals surface area contributed by atoms with E-state index in [9.17, 15) is 9.59 Å². The van der Waals surface area contributed by atoms with Gasteiger partial charge in [0.2, 0.25) is 0 Å². The average Bonchev–Trinajstić information content (AvgIpc) is 2.73. The summed E-state index contributed by atoms with van der Waals surface area (Å²) >= 11 is 0. The summed E-state index contributed by atoms with van der Waals surface area (Å²) in [5, 5.41) is 0. The van der Waals surface area contributed by atoms with Crippen LogP contribution in [0.3, 0.4) is 0 Å². The zero-order chi connectivity index (χ0) is 19.1. The Balaban J connectivity index is 1.72. The van der Waals surface area contributed by atoms with Crippen LogP contribution >= 0.6 is 0 Å². The van der Waals surface area contributed by atoms with Crippen LogP contribution in [0.2, 0.25) is 0 Å². The van der Waals surface area contributed by atoms with Crippen molar-refractivity contribution < 1.29 is 19.1 Å². The molecular formula is C22H25NO4. The molecule has 1 aliphatic carbocycles. The van der Waals surface area contributed by atoms with E-state index in [-0.39, 0.29) is 18.6 Å². The van der Waals surface area contributed by atoms with Crippen molar-refractivity contribution >= 4 is 17.6 Å². The highest BCUT2D eigenvalue weighted by molar-refractivity contribution is 5.98. The van der Waals surface area contributed by atoms with Crippen molar-refractivity contribution in [3.05, 3.63) is 60.2 Å². The van der Waals surface area contributed by atoms with E-state index in [2.05, 4.69) is 0 Å². The molecule has 1 aliphatic rings. The first-order valence-electron chi connectivity index (χ1n) is 9.38. The molecule has 5 heteroatoms.